The zero-order valence-corrected chi connectivity index (χ0v) is 12.0. The predicted octanol–water partition coefficient (Wildman–Crippen LogP) is -0.343. The first kappa shape index (κ1) is 15.8. The standard InChI is InChI=1S/C13H25BN2O4/c1-9(3-2-4-14(19)20)10-5-12(7-16-8-12)6-13(10,15)11(17)18/h9-10,16,19-20H,2-8,15H2,1H3,(H,17,18). The molecule has 0 aromatic heterocycles. The topological polar surface area (TPSA) is 116 Å². The van der Waals surface area contributed by atoms with Crippen LogP contribution in [0.5, 0.6) is 0 Å². The van der Waals surface area contributed by atoms with Crippen molar-refractivity contribution in [2.45, 2.75) is 44.5 Å². The van der Waals surface area contributed by atoms with Gasteiger partial charge in [-0.05, 0) is 36.4 Å². The average molecular weight is 284 g/mol. The summed E-state index contributed by atoms with van der Waals surface area (Å²) in [5.74, 6) is -0.770. The fourth-order valence-corrected chi connectivity index (χ4v) is 3.99. The molecule has 2 rings (SSSR count). The Balaban J connectivity index is 2.01. The lowest BCUT2D eigenvalue weighted by atomic mass is 9.75. The summed E-state index contributed by atoms with van der Waals surface area (Å²) in [4.78, 5) is 11.6. The van der Waals surface area contributed by atoms with Crippen LogP contribution in [0.15, 0.2) is 0 Å². The molecule has 7 heteroatoms. The minimum absolute atomic E-state index is 0.0436. The molecule has 2 aliphatic rings. The largest absolute Gasteiger partial charge is 0.480 e. The second-order valence-corrected chi connectivity index (χ2v) is 6.83. The van der Waals surface area contributed by atoms with Crippen molar-refractivity contribution >= 4 is 13.1 Å². The van der Waals surface area contributed by atoms with Crippen LogP contribution in [0, 0.1) is 17.3 Å². The summed E-state index contributed by atoms with van der Waals surface area (Å²) in [6.45, 7) is 3.75. The van der Waals surface area contributed by atoms with E-state index < -0.39 is 18.6 Å². The maximum Gasteiger partial charge on any atom is 0.451 e. The first-order valence-electron chi connectivity index (χ1n) is 7.38. The molecule has 3 unspecified atom stereocenters. The Hall–Kier alpha value is -0.625. The Morgan fingerprint density at radius 2 is 2.15 bits per heavy atom. The van der Waals surface area contributed by atoms with Crippen LogP contribution in [0.3, 0.4) is 0 Å². The number of rotatable bonds is 6. The van der Waals surface area contributed by atoms with E-state index >= 15 is 0 Å². The van der Waals surface area contributed by atoms with Gasteiger partial charge in [0.15, 0.2) is 0 Å². The van der Waals surface area contributed by atoms with Gasteiger partial charge in [-0.15, -0.1) is 0 Å². The van der Waals surface area contributed by atoms with Crippen LogP contribution in [0.4, 0.5) is 0 Å². The fourth-order valence-electron chi connectivity index (χ4n) is 3.99. The minimum atomic E-state index is -1.28. The molecule has 20 heavy (non-hydrogen) atoms. The van der Waals surface area contributed by atoms with Crippen molar-refractivity contribution < 1.29 is 19.9 Å². The Labute approximate surface area is 119 Å². The van der Waals surface area contributed by atoms with E-state index in [1.54, 1.807) is 0 Å². The van der Waals surface area contributed by atoms with Crippen molar-refractivity contribution in [1.29, 1.82) is 0 Å². The molecule has 0 radical (unpaired) electrons. The van der Waals surface area contributed by atoms with Gasteiger partial charge in [0, 0.05) is 13.1 Å². The van der Waals surface area contributed by atoms with Crippen molar-refractivity contribution in [2.24, 2.45) is 23.0 Å². The summed E-state index contributed by atoms with van der Waals surface area (Å²) in [5, 5.41) is 30.5. The van der Waals surface area contributed by atoms with Crippen molar-refractivity contribution in [2.75, 3.05) is 13.1 Å². The van der Waals surface area contributed by atoms with E-state index in [2.05, 4.69) is 5.32 Å². The molecule has 2 fully saturated rings. The van der Waals surface area contributed by atoms with Gasteiger partial charge in [-0.2, -0.15) is 0 Å². The summed E-state index contributed by atoms with van der Waals surface area (Å²) >= 11 is 0. The number of carboxylic acid groups (broad SMARTS) is 1. The Morgan fingerprint density at radius 3 is 2.60 bits per heavy atom. The number of nitrogens with two attached hydrogens (primary N) is 1. The van der Waals surface area contributed by atoms with E-state index in [0.717, 1.165) is 25.9 Å². The normalized spacial score (nSPS) is 32.9. The van der Waals surface area contributed by atoms with Crippen LogP contribution in [0.25, 0.3) is 0 Å². The number of aliphatic carboxylic acids is 1. The van der Waals surface area contributed by atoms with Crippen molar-refractivity contribution in [3.8, 4) is 0 Å². The molecular weight excluding hydrogens is 259 g/mol. The van der Waals surface area contributed by atoms with E-state index in [4.69, 9.17) is 15.8 Å². The first-order valence-corrected chi connectivity index (χ1v) is 7.38. The van der Waals surface area contributed by atoms with Gasteiger partial charge >= 0.3 is 13.1 Å². The lowest BCUT2D eigenvalue weighted by molar-refractivity contribution is -0.145. The summed E-state index contributed by atoms with van der Waals surface area (Å²) < 4.78 is 0. The number of carbonyl (C=O) groups is 1. The highest BCUT2D eigenvalue weighted by Crippen LogP contribution is 2.52. The van der Waals surface area contributed by atoms with Crippen LogP contribution in [-0.4, -0.2) is 46.9 Å². The van der Waals surface area contributed by atoms with Gasteiger partial charge in [0.05, 0.1) is 0 Å². The third kappa shape index (κ3) is 2.86. The summed E-state index contributed by atoms with van der Waals surface area (Å²) in [6.07, 6.45) is 3.17. The maximum absolute atomic E-state index is 11.6. The van der Waals surface area contributed by atoms with Crippen LogP contribution < -0.4 is 11.1 Å². The predicted molar refractivity (Wildman–Crippen MR) is 76.0 cm³/mol. The highest BCUT2D eigenvalue weighted by atomic mass is 16.4. The van der Waals surface area contributed by atoms with E-state index in [9.17, 15) is 9.90 Å². The molecule has 1 aliphatic carbocycles. The number of hydrogen-bond acceptors (Lipinski definition) is 5. The molecular formula is C13H25BN2O4. The fraction of sp³-hybridized carbons (Fsp3) is 0.923. The van der Waals surface area contributed by atoms with E-state index in [1.165, 1.54) is 0 Å². The molecule has 1 heterocycles. The van der Waals surface area contributed by atoms with Gasteiger partial charge in [0.1, 0.15) is 5.54 Å². The second kappa shape index (κ2) is 5.64. The molecule has 0 aromatic carbocycles. The molecule has 0 bridgehead atoms. The molecule has 1 saturated heterocycles. The second-order valence-electron chi connectivity index (χ2n) is 6.83. The molecule has 0 amide bonds. The number of carboxylic acids is 1. The molecule has 1 aliphatic heterocycles. The van der Waals surface area contributed by atoms with Gasteiger partial charge < -0.3 is 26.2 Å². The minimum Gasteiger partial charge on any atom is -0.480 e. The maximum atomic E-state index is 11.6. The average Bonchev–Trinajstić information content (AvgIpc) is 2.64. The molecule has 6 nitrogen and oxygen atoms in total. The molecule has 1 saturated carbocycles. The van der Waals surface area contributed by atoms with Crippen LogP contribution >= 0.6 is 0 Å². The van der Waals surface area contributed by atoms with Crippen LogP contribution in [0.1, 0.15) is 32.6 Å². The Bertz CT molecular complexity index is 375. The van der Waals surface area contributed by atoms with Crippen molar-refractivity contribution in [3.63, 3.8) is 0 Å². The number of nitrogens with one attached hydrogen (secondary N) is 1. The molecule has 3 atom stereocenters. The monoisotopic (exact) mass is 284 g/mol. The van der Waals surface area contributed by atoms with Crippen molar-refractivity contribution in [1.82, 2.24) is 5.32 Å². The highest BCUT2D eigenvalue weighted by molar-refractivity contribution is 6.40. The van der Waals surface area contributed by atoms with Crippen LogP contribution in [0.2, 0.25) is 6.32 Å². The molecule has 6 N–H and O–H groups in total. The SMILES string of the molecule is CC(CCCB(O)O)C1CC2(CNC2)CC1(N)C(=O)O. The van der Waals surface area contributed by atoms with Gasteiger partial charge in [-0.3, -0.25) is 4.79 Å². The summed E-state index contributed by atoms with van der Waals surface area (Å²) in [6, 6.07) is 0. The highest BCUT2D eigenvalue weighted by Gasteiger charge is 2.59. The zero-order valence-electron chi connectivity index (χ0n) is 12.0. The smallest absolute Gasteiger partial charge is 0.451 e. The van der Waals surface area contributed by atoms with Crippen molar-refractivity contribution in [3.05, 3.63) is 0 Å². The zero-order chi connectivity index (χ0) is 15.0. The lowest BCUT2D eigenvalue weighted by Gasteiger charge is -2.40. The van der Waals surface area contributed by atoms with Gasteiger partial charge in [0.25, 0.3) is 0 Å². The quantitative estimate of drug-likeness (QED) is 0.426. The number of hydrogen-bond donors (Lipinski definition) is 5. The Kier molecular flexibility index (Phi) is 4.44. The van der Waals surface area contributed by atoms with Gasteiger partial charge in [0.2, 0.25) is 0 Å². The van der Waals surface area contributed by atoms with E-state index in [0.29, 0.717) is 19.2 Å². The van der Waals surface area contributed by atoms with Crippen LogP contribution in [-0.2, 0) is 4.79 Å². The Morgan fingerprint density at radius 1 is 1.50 bits per heavy atom. The van der Waals surface area contributed by atoms with E-state index in [1.807, 2.05) is 6.92 Å². The lowest BCUT2D eigenvalue weighted by Crippen LogP contribution is -2.56. The summed E-state index contributed by atoms with van der Waals surface area (Å²) in [7, 11) is -1.28. The molecule has 0 aromatic rings. The van der Waals surface area contributed by atoms with E-state index in [-0.39, 0.29) is 17.3 Å². The third-order valence-corrected chi connectivity index (χ3v) is 5.19. The molecule has 1 spiro atoms. The van der Waals surface area contributed by atoms with Gasteiger partial charge in [-0.1, -0.05) is 19.8 Å². The van der Waals surface area contributed by atoms with Gasteiger partial charge in [-0.25, -0.2) is 0 Å². The third-order valence-electron chi connectivity index (χ3n) is 5.19. The molecule has 114 valence electrons. The first-order chi connectivity index (χ1) is 9.29. The summed E-state index contributed by atoms with van der Waals surface area (Å²) in [5.41, 5.74) is 5.16.